The van der Waals surface area contributed by atoms with E-state index in [2.05, 4.69) is 5.32 Å². The van der Waals surface area contributed by atoms with Crippen molar-refractivity contribution >= 4 is 29.2 Å². The number of carboxylic acids is 1. The first kappa shape index (κ1) is 24.7. The molecule has 3 aromatic rings. The van der Waals surface area contributed by atoms with E-state index < -0.39 is 40.6 Å². The summed E-state index contributed by atoms with van der Waals surface area (Å²) in [6.45, 7) is 1.18. The van der Waals surface area contributed by atoms with Gasteiger partial charge in [0.2, 0.25) is 5.91 Å². The standard InChI is InChI=1S/C25H18ClF4NO4/c1-12(24(35,25(28,29)30)16-5-2-15-10-22(32)31-21(15)11-16)17-6-3-13(8-19(17)26)14-4-7-18(23(33)34)20(27)9-14/h2-9,11-12,35H,10H2,1H3,(H,31,32)(H,33,34)/t12-,24-/m1/s1. The molecule has 2 atom stereocenters. The van der Waals surface area contributed by atoms with E-state index in [1.165, 1.54) is 37.3 Å². The molecule has 1 aliphatic rings. The number of hydrogen-bond acceptors (Lipinski definition) is 3. The molecule has 1 heterocycles. The maximum atomic E-state index is 14.3. The van der Waals surface area contributed by atoms with E-state index in [9.17, 15) is 32.3 Å². The molecule has 1 aliphatic heterocycles. The lowest BCUT2D eigenvalue weighted by Gasteiger charge is -2.37. The van der Waals surface area contributed by atoms with Crippen LogP contribution in [0, 0.1) is 5.82 Å². The van der Waals surface area contributed by atoms with Gasteiger partial charge in [-0.05, 0) is 52.1 Å². The molecular weight excluding hydrogens is 490 g/mol. The van der Waals surface area contributed by atoms with Crippen molar-refractivity contribution in [3.8, 4) is 11.1 Å². The van der Waals surface area contributed by atoms with Crippen molar-refractivity contribution < 1.29 is 37.4 Å². The number of aromatic carboxylic acids is 1. The molecule has 182 valence electrons. The highest BCUT2D eigenvalue weighted by Crippen LogP contribution is 2.50. The Labute approximate surface area is 202 Å². The van der Waals surface area contributed by atoms with Crippen LogP contribution in [0.4, 0.5) is 23.2 Å². The molecule has 10 heteroatoms. The molecular formula is C25H18ClF4NO4. The van der Waals surface area contributed by atoms with Crippen LogP contribution in [-0.4, -0.2) is 28.3 Å². The molecule has 5 nitrogen and oxygen atoms in total. The van der Waals surface area contributed by atoms with Crippen LogP contribution in [0.25, 0.3) is 11.1 Å². The minimum atomic E-state index is -5.10. The summed E-state index contributed by atoms with van der Waals surface area (Å²) in [5.74, 6) is -4.33. The average molecular weight is 508 g/mol. The van der Waals surface area contributed by atoms with Gasteiger partial charge in [0.1, 0.15) is 5.82 Å². The number of carbonyl (C=O) groups is 2. The van der Waals surface area contributed by atoms with Gasteiger partial charge >= 0.3 is 12.1 Å². The highest BCUT2D eigenvalue weighted by Gasteiger charge is 2.59. The zero-order chi connectivity index (χ0) is 25.7. The van der Waals surface area contributed by atoms with Crippen LogP contribution in [0.3, 0.4) is 0 Å². The second-order valence-electron chi connectivity index (χ2n) is 8.32. The fourth-order valence-corrected chi connectivity index (χ4v) is 4.61. The lowest BCUT2D eigenvalue weighted by Crippen LogP contribution is -2.46. The number of anilines is 1. The predicted molar refractivity (Wildman–Crippen MR) is 121 cm³/mol. The van der Waals surface area contributed by atoms with E-state index in [0.29, 0.717) is 11.1 Å². The van der Waals surface area contributed by atoms with E-state index in [4.69, 9.17) is 16.7 Å². The normalized spacial score (nSPS) is 15.8. The number of alkyl halides is 3. The Morgan fingerprint density at radius 2 is 1.71 bits per heavy atom. The van der Waals surface area contributed by atoms with Gasteiger partial charge in [-0.1, -0.05) is 48.9 Å². The number of carboxylic acid groups (broad SMARTS) is 1. The van der Waals surface area contributed by atoms with Crippen molar-refractivity contribution in [2.75, 3.05) is 5.32 Å². The van der Waals surface area contributed by atoms with E-state index in [1.54, 1.807) is 0 Å². The number of aliphatic hydroxyl groups is 1. The highest BCUT2D eigenvalue weighted by atomic mass is 35.5. The van der Waals surface area contributed by atoms with E-state index >= 15 is 0 Å². The summed E-state index contributed by atoms with van der Waals surface area (Å²) < 4.78 is 57.0. The van der Waals surface area contributed by atoms with Gasteiger partial charge in [-0.25, -0.2) is 9.18 Å². The Kier molecular flexibility index (Phi) is 6.11. The molecule has 0 aliphatic carbocycles. The topological polar surface area (TPSA) is 86.6 Å². The third kappa shape index (κ3) is 4.26. The number of amides is 1. The SMILES string of the molecule is C[C@H](c1ccc(-c2ccc(C(=O)O)c(F)c2)cc1Cl)[C@@](O)(c1ccc2c(c1)NC(=O)C2)C(F)(F)F. The van der Waals surface area contributed by atoms with Gasteiger partial charge in [-0.3, -0.25) is 4.79 Å². The average Bonchev–Trinajstić information content (AvgIpc) is 3.16. The lowest BCUT2D eigenvalue weighted by molar-refractivity contribution is -0.274. The van der Waals surface area contributed by atoms with E-state index in [1.807, 2.05) is 0 Å². The van der Waals surface area contributed by atoms with Crippen molar-refractivity contribution in [2.24, 2.45) is 0 Å². The minimum Gasteiger partial charge on any atom is -0.478 e. The third-order valence-corrected chi connectivity index (χ3v) is 6.56. The lowest BCUT2D eigenvalue weighted by atomic mass is 9.77. The zero-order valence-corrected chi connectivity index (χ0v) is 18.8. The number of benzene rings is 3. The fourth-order valence-electron chi connectivity index (χ4n) is 4.26. The largest absolute Gasteiger partial charge is 0.478 e. The first-order chi connectivity index (χ1) is 16.3. The predicted octanol–water partition coefficient (Wildman–Crippen LogP) is 5.89. The molecule has 35 heavy (non-hydrogen) atoms. The van der Waals surface area contributed by atoms with Gasteiger partial charge < -0.3 is 15.5 Å². The molecule has 0 saturated heterocycles. The number of nitrogens with one attached hydrogen (secondary N) is 1. The molecule has 4 rings (SSSR count). The van der Waals surface area contributed by atoms with Crippen LogP contribution in [-0.2, 0) is 16.8 Å². The number of carbonyl (C=O) groups excluding carboxylic acids is 1. The van der Waals surface area contributed by atoms with E-state index in [0.717, 1.165) is 24.3 Å². The minimum absolute atomic E-state index is 0.0117. The van der Waals surface area contributed by atoms with Crippen LogP contribution >= 0.6 is 11.6 Å². The smallest absolute Gasteiger partial charge is 0.422 e. The number of rotatable bonds is 5. The van der Waals surface area contributed by atoms with Crippen LogP contribution in [0.2, 0.25) is 5.02 Å². The summed E-state index contributed by atoms with van der Waals surface area (Å²) in [6, 6.07) is 11.1. The van der Waals surface area contributed by atoms with Crippen LogP contribution in [0.5, 0.6) is 0 Å². The Bertz CT molecular complexity index is 1360. The molecule has 0 unspecified atom stereocenters. The molecule has 0 fully saturated rings. The quantitative estimate of drug-likeness (QED) is 0.376. The second kappa shape index (κ2) is 8.66. The highest BCUT2D eigenvalue weighted by molar-refractivity contribution is 6.31. The molecule has 0 aromatic heterocycles. The molecule has 0 bridgehead atoms. The van der Waals surface area contributed by atoms with Crippen LogP contribution < -0.4 is 5.32 Å². The first-order valence-electron chi connectivity index (χ1n) is 10.4. The van der Waals surface area contributed by atoms with Crippen LogP contribution in [0.1, 0.15) is 39.9 Å². The van der Waals surface area contributed by atoms with Crippen molar-refractivity contribution in [2.45, 2.75) is 31.0 Å². The fraction of sp³-hybridized carbons (Fsp3) is 0.200. The summed E-state index contributed by atoms with van der Waals surface area (Å²) in [5.41, 5.74) is -2.98. The van der Waals surface area contributed by atoms with Gasteiger partial charge in [-0.2, -0.15) is 13.2 Å². The molecule has 3 N–H and O–H groups in total. The molecule has 0 radical (unpaired) electrons. The Morgan fingerprint density at radius 3 is 2.31 bits per heavy atom. The molecule has 0 spiro atoms. The molecule has 0 saturated carbocycles. The number of halogens is 5. The second-order valence-corrected chi connectivity index (χ2v) is 8.73. The Hall–Kier alpha value is -3.43. The van der Waals surface area contributed by atoms with Gasteiger partial charge in [0.05, 0.1) is 12.0 Å². The van der Waals surface area contributed by atoms with Gasteiger partial charge in [0.15, 0.2) is 5.60 Å². The summed E-state index contributed by atoms with van der Waals surface area (Å²) in [4.78, 5) is 22.6. The van der Waals surface area contributed by atoms with Gasteiger partial charge in [-0.15, -0.1) is 0 Å². The Balaban J connectivity index is 1.74. The van der Waals surface area contributed by atoms with Crippen molar-refractivity contribution in [3.63, 3.8) is 0 Å². The number of fused-ring (bicyclic) bond motifs is 1. The van der Waals surface area contributed by atoms with Crippen molar-refractivity contribution in [1.29, 1.82) is 0 Å². The first-order valence-corrected chi connectivity index (χ1v) is 10.8. The zero-order valence-electron chi connectivity index (χ0n) is 18.1. The maximum Gasteiger partial charge on any atom is 0.422 e. The summed E-state index contributed by atoms with van der Waals surface area (Å²) >= 11 is 6.33. The summed E-state index contributed by atoms with van der Waals surface area (Å²) in [6.07, 6.45) is -5.06. The molecule has 1 amide bonds. The maximum absolute atomic E-state index is 14.3. The van der Waals surface area contributed by atoms with Gasteiger partial charge in [0, 0.05) is 16.6 Å². The Morgan fingerprint density at radius 1 is 1.06 bits per heavy atom. The van der Waals surface area contributed by atoms with Crippen LogP contribution in [0.15, 0.2) is 54.6 Å². The molecule has 3 aromatic carbocycles. The van der Waals surface area contributed by atoms with Gasteiger partial charge in [0.25, 0.3) is 0 Å². The van der Waals surface area contributed by atoms with Crippen molar-refractivity contribution in [1.82, 2.24) is 0 Å². The summed E-state index contributed by atoms with van der Waals surface area (Å²) in [5, 5.41) is 22.4. The van der Waals surface area contributed by atoms with Crippen molar-refractivity contribution in [3.05, 3.63) is 87.7 Å². The van der Waals surface area contributed by atoms with E-state index in [-0.39, 0.29) is 34.2 Å². The summed E-state index contributed by atoms with van der Waals surface area (Å²) in [7, 11) is 0. The number of hydrogen-bond donors (Lipinski definition) is 3. The third-order valence-electron chi connectivity index (χ3n) is 6.23. The monoisotopic (exact) mass is 507 g/mol.